The van der Waals surface area contributed by atoms with Gasteiger partial charge in [0, 0.05) is 25.3 Å². The first kappa shape index (κ1) is 20.5. The molecule has 7 nitrogen and oxygen atoms in total. The van der Waals surface area contributed by atoms with Crippen molar-refractivity contribution in [3.8, 4) is 0 Å². The highest BCUT2D eigenvalue weighted by molar-refractivity contribution is 7.82. The number of carbonyl (C=O) groups is 2. The second-order valence-electron chi connectivity index (χ2n) is 7.64. The van der Waals surface area contributed by atoms with Crippen LogP contribution in [-0.2, 0) is 16.0 Å². The van der Waals surface area contributed by atoms with Crippen molar-refractivity contribution >= 4 is 34.9 Å². The number of hydrogen-bond acceptors (Lipinski definition) is 4. The quantitative estimate of drug-likeness (QED) is 0.753. The molecule has 2 N–H and O–H groups in total. The minimum Gasteiger partial charge on any atom is -0.465 e. The highest BCUT2D eigenvalue weighted by Crippen LogP contribution is 2.35. The van der Waals surface area contributed by atoms with E-state index in [4.69, 9.17) is 17.0 Å². The molecule has 152 valence electrons. The molecule has 0 aromatic heterocycles. The predicted octanol–water partition coefficient (Wildman–Crippen LogP) is 2.91. The molecule has 0 spiro atoms. The van der Waals surface area contributed by atoms with E-state index in [1.807, 2.05) is 23.1 Å². The minimum atomic E-state index is -0.885. The Bertz CT molecular complexity index is 762. The normalized spacial score (nSPS) is 19.3. The van der Waals surface area contributed by atoms with Crippen LogP contribution in [0, 0.1) is 5.92 Å². The molecule has 0 saturated carbocycles. The Morgan fingerprint density at radius 3 is 2.64 bits per heavy atom. The fourth-order valence-electron chi connectivity index (χ4n) is 3.81. The molecule has 3 rings (SSSR count). The molecule has 1 aromatic carbocycles. The molecule has 1 aromatic rings. The number of amides is 2. The molecule has 1 fully saturated rings. The van der Waals surface area contributed by atoms with Crippen molar-refractivity contribution in [2.24, 2.45) is 5.92 Å². The number of nitrogens with one attached hydrogen (secondary N) is 1. The standard InChI is InChI=1S/C20H27N3O4S/c1-13(2)11-17-16-4-3-15(12-14(16)5-6-23(17)20(25)26)21-18(24)19(28)22-7-9-27-10-8-22/h3-4,12-13,17H,5-11H2,1-2H3,(H,21,24)(H,25,26). The van der Waals surface area contributed by atoms with Crippen molar-refractivity contribution in [2.75, 3.05) is 38.2 Å². The third kappa shape index (κ3) is 4.62. The second kappa shape index (κ2) is 8.87. The first-order valence-electron chi connectivity index (χ1n) is 9.67. The Morgan fingerprint density at radius 1 is 1.29 bits per heavy atom. The Kier molecular flexibility index (Phi) is 6.51. The SMILES string of the molecule is CC(C)CC1c2ccc(NC(=O)C(=S)N3CCOCC3)cc2CCN1C(=O)O. The van der Waals surface area contributed by atoms with E-state index in [0.29, 0.717) is 50.9 Å². The topological polar surface area (TPSA) is 82.1 Å². The van der Waals surface area contributed by atoms with Gasteiger partial charge in [-0.3, -0.25) is 4.79 Å². The van der Waals surface area contributed by atoms with Crippen molar-refractivity contribution in [2.45, 2.75) is 32.7 Å². The van der Waals surface area contributed by atoms with Gasteiger partial charge in [-0.1, -0.05) is 32.1 Å². The van der Waals surface area contributed by atoms with E-state index < -0.39 is 6.09 Å². The number of fused-ring (bicyclic) bond motifs is 1. The highest BCUT2D eigenvalue weighted by atomic mass is 32.1. The fraction of sp³-hybridized carbons (Fsp3) is 0.550. The zero-order valence-electron chi connectivity index (χ0n) is 16.3. The number of thiocarbonyl (C=S) groups is 1. The summed E-state index contributed by atoms with van der Waals surface area (Å²) < 4.78 is 5.29. The van der Waals surface area contributed by atoms with Crippen LogP contribution in [0.15, 0.2) is 18.2 Å². The van der Waals surface area contributed by atoms with Crippen LogP contribution in [0.4, 0.5) is 10.5 Å². The van der Waals surface area contributed by atoms with E-state index in [0.717, 1.165) is 17.5 Å². The maximum absolute atomic E-state index is 12.5. The van der Waals surface area contributed by atoms with Gasteiger partial charge in [-0.05, 0) is 42.0 Å². The molecule has 1 unspecified atom stereocenters. The van der Waals surface area contributed by atoms with Crippen LogP contribution in [0.5, 0.6) is 0 Å². The van der Waals surface area contributed by atoms with Crippen LogP contribution in [0.2, 0.25) is 0 Å². The molecule has 0 radical (unpaired) electrons. The van der Waals surface area contributed by atoms with E-state index in [2.05, 4.69) is 19.2 Å². The van der Waals surface area contributed by atoms with Gasteiger partial charge in [-0.2, -0.15) is 0 Å². The van der Waals surface area contributed by atoms with Gasteiger partial charge in [0.05, 0.1) is 19.3 Å². The zero-order chi connectivity index (χ0) is 20.3. The van der Waals surface area contributed by atoms with Crippen molar-refractivity contribution < 1.29 is 19.4 Å². The molecule has 1 saturated heterocycles. The average Bonchev–Trinajstić information content (AvgIpc) is 2.67. The number of morpholine rings is 1. The van der Waals surface area contributed by atoms with Gasteiger partial charge in [0.2, 0.25) is 0 Å². The van der Waals surface area contributed by atoms with Gasteiger partial charge in [0.1, 0.15) is 0 Å². The number of carbonyl (C=O) groups excluding carboxylic acids is 1. The lowest BCUT2D eigenvalue weighted by Gasteiger charge is -2.36. The molecule has 2 amide bonds. The van der Waals surface area contributed by atoms with E-state index in [9.17, 15) is 14.7 Å². The Hall–Kier alpha value is -2.19. The van der Waals surface area contributed by atoms with Crippen LogP contribution in [0.3, 0.4) is 0 Å². The first-order valence-corrected chi connectivity index (χ1v) is 10.1. The molecule has 2 aliphatic rings. The summed E-state index contributed by atoms with van der Waals surface area (Å²) in [6, 6.07) is 5.56. The summed E-state index contributed by atoms with van der Waals surface area (Å²) in [4.78, 5) is 27.8. The van der Waals surface area contributed by atoms with Crippen molar-refractivity contribution in [3.63, 3.8) is 0 Å². The fourth-order valence-corrected chi connectivity index (χ4v) is 4.05. The molecular weight excluding hydrogens is 378 g/mol. The summed E-state index contributed by atoms with van der Waals surface area (Å²) in [5.41, 5.74) is 2.79. The van der Waals surface area contributed by atoms with Crippen molar-refractivity contribution in [1.29, 1.82) is 0 Å². The Balaban J connectivity index is 1.74. The van der Waals surface area contributed by atoms with E-state index in [1.165, 1.54) is 4.90 Å². The third-order valence-corrected chi connectivity index (χ3v) is 5.63. The maximum Gasteiger partial charge on any atom is 0.407 e. The van der Waals surface area contributed by atoms with Crippen LogP contribution >= 0.6 is 12.2 Å². The summed E-state index contributed by atoms with van der Waals surface area (Å²) in [5.74, 6) is 0.0848. The van der Waals surface area contributed by atoms with Gasteiger partial charge >= 0.3 is 6.09 Å². The van der Waals surface area contributed by atoms with Gasteiger partial charge in [-0.15, -0.1) is 0 Å². The van der Waals surface area contributed by atoms with Gasteiger partial charge in [0.25, 0.3) is 5.91 Å². The van der Waals surface area contributed by atoms with Crippen LogP contribution < -0.4 is 5.32 Å². The van der Waals surface area contributed by atoms with Crippen LogP contribution in [0.1, 0.15) is 37.4 Å². The van der Waals surface area contributed by atoms with Gasteiger partial charge < -0.3 is 25.0 Å². The summed E-state index contributed by atoms with van der Waals surface area (Å²) in [7, 11) is 0. The summed E-state index contributed by atoms with van der Waals surface area (Å²) >= 11 is 5.31. The number of benzene rings is 1. The monoisotopic (exact) mass is 405 g/mol. The Labute approximate surface area is 170 Å². The van der Waals surface area contributed by atoms with E-state index in [1.54, 1.807) is 0 Å². The summed E-state index contributed by atoms with van der Waals surface area (Å²) in [6.45, 7) is 7.04. The molecule has 8 heteroatoms. The van der Waals surface area contributed by atoms with Crippen molar-refractivity contribution in [1.82, 2.24) is 9.80 Å². The summed E-state index contributed by atoms with van der Waals surface area (Å²) in [6.07, 6.45) is 0.518. The second-order valence-corrected chi connectivity index (χ2v) is 8.03. The smallest absolute Gasteiger partial charge is 0.407 e. The molecule has 28 heavy (non-hydrogen) atoms. The number of rotatable bonds is 3. The Morgan fingerprint density at radius 2 is 2.00 bits per heavy atom. The lowest BCUT2D eigenvalue weighted by molar-refractivity contribution is -0.111. The molecule has 2 aliphatic heterocycles. The minimum absolute atomic E-state index is 0.152. The lowest BCUT2D eigenvalue weighted by atomic mass is 9.87. The van der Waals surface area contributed by atoms with Crippen LogP contribution in [-0.4, -0.2) is 64.7 Å². The average molecular weight is 406 g/mol. The predicted molar refractivity (Wildman–Crippen MR) is 111 cm³/mol. The third-order valence-electron chi connectivity index (χ3n) is 5.19. The number of ether oxygens (including phenoxy) is 1. The maximum atomic E-state index is 12.5. The largest absolute Gasteiger partial charge is 0.465 e. The first-order chi connectivity index (χ1) is 13.4. The summed E-state index contributed by atoms with van der Waals surface area (Å²) in [5, 5.41) is 12.4. The molecule has 0 bridgehead atoms. The van der Waals surface area contributed by atoms with Crippen molar-refractivity contribution in [3.05, 3.63) is 29.3 Å². The zero-order valence-corrected chi connectivity index (χ0v) is 17.1. The number of nitrogens with zero attached hydrogens (tertiary/aromatic N) is 2. The number of carboxylic acid groups (broad SMARTS) is 1. The lowest BCUT2D eigenvalue weighted by Crippen LogP contribution is -2.44. The van der Waals surface area contributed by atoms with Gasteiger partial charge in [0.15, 0.2) is 4.99 Å². The molecular formula is C20H27N3O4S. The van der Waals surface area contributed by atoms with E-state index >= 15 is 0 Å². The van der Waals surface area contributed by atoms with E-state index in [-0.39, 0.29) is 16.9 Å². The number of hydrogen-bond donors (Lipinski definition) is 2. The van der Waals surface area contributed by atoms with Gasteiger partial charge in [-0.25, -0.2) is 4.79 Å². The molecule has 0 aliphatic carbocycles. The molecule has 1 atom stereocenters. The highest BCUT2D eigenvalue weighted by Gasteiger charge is 2.31. The number of anilines is 1. The molecule has 2 heterocycles. The van der Waals surface area contributed by atoms with Crippen LogP contribution in [0.25, 0.3) is 0 Å².